The minimum Gasteiger partial charge on any atom is -0.426 e. The maximum atomic E-state index is 13.3. The van der Waals surface area contributed by atoms with Crippen LogP contribution in [0.25, 0.3) is 0 Å². The summed E-state index contributed by atoms with van der Waals surface area (Å²) in [5, 5.41) is -0.977. The molecule has 0 N–H and O–H groups in total. The van der Waals surface area contributed by atoms with Gasteiger partial charge in [-0.25, -0.2) is 4.39 Å². The lowest BCUT2D eigenvalue weighted by molar-refractivity contribution is -0.317. The fourth-order valence-corrected chi connectivity index (χ4v) is 1.49. The Morgan fingerprint density at radius 3 is 1.74 bits per heavy atom. The van der Waals surface area contributed by atoms with Crippen molar-refractivity contribution in [3.05, 3.63) is 28.2 Å². The van der Waals surface area contributed by atoms with Gasteiger partial charge in [0.25, 0.3) is 0 Å². The second kappa shape index (κ2) is 5.21. The van der Waals surface area contributed by atoms with Crippen LogP contribution >= 0.6 is 39.1 Å². The van der Waals surface area contributed by atoms with E-state index in [1.165, 1.54) is 22.0 Å². The fourth-order valence-electron chi connectivity index (χ4n) is 0.937. The zero-order chi connectivity index (χ0) is 15.1. The third kappa shape index (κ3) is 3.22. The standard InChI is InChI=1S/C9H3BrCl2F6O/c10-7(13,8(14,15)16)9(17,18)19-6-4(11)2-1-3-5(6)12/h1-3H. The molecular weight excluding hydrogens is 389 g/mol. The third-order valence-electron chi connectivity index (χ3n) is 1.87. The van der Waals surface area contributed by atoms with Crippen LogP contribution in [0.5, 0.6) is 5.75 Å². The van der Waals surface area contributed by atoms with E-state index < -0.39 is 32.7 Å². The molecule has 1 atom stereocenters. The molecule has 0 saturated heterocycles. The van der Waals surface area contributed by atoms with Gasteiger partial charge in [0.15, 0.2) is 5.75 Å². The van der Waals surface area contributed by atoms with E-state index in [1.807, 2.05) is 0 Å². The van der Waals surface area contributed by atoms with Crippen molar-refractivity contribution in [2.45, 2.75) is 16.9 Å². The number of alkyl halides is 7. The molecule has 19 heavy (non-hydrogen) atoms. The van der Waals surface area contributed by atoms with Crippen LogP contribution in [0.15, 0.2) is 18.2 Å². The predicted molar refractivity (Wildman–Crippen MR) is 60.9 cm³/mol. The van der Waals surface area contributed by atoms with E-state index in [1.54, 1.807) is 0 Å². The lowest BCUT2D eigenvalue weighted by Gasteiger charge is -2.30. The molecule has 0 saturated carbocycles. The molecule has 0 aliphatic rings. The van der Waals surface area contributed by atoms with Gasteiger partial charge < -0.3 is 4.74 Å². The Balaban J connectivity index is 3.17. The number of para-hydroxylation sites is 1. The van der Waals surface area contributed by atoms with E-state index in [0.717, 1.165) is 12.1 Å². The van der Waals surface area contributed by atoms with Crippen molar-refractivity contribution in [3.63, 3.8) is 0 Å². The highest BCUT2D eigenvalue weighted by molar-refractivity contribution is 9.10. The van der Waals surface area contributed by atoms with Crippen molar-refractivity contribution < 1.29 is 31.1 Å². The van der Waals surface area contributed by atoms with Gasteiger partial charge in [0.1, 0.15) is 0 Å². The van der Waals surface area contributed by atoms with Gasteiger partial charge in [0.2, 0.25) is 0 Å². The summed E-state index contributed by atoms with van der Waals surface area (Å²) in [4.78, 5) is 0. The zero-order valence-electron chi connectivity index (χ0n) is 8.54. The van der Waals surface area contributed by atoms with Gasteiger partial charge in [-0.05, 0) is 28.1 Å². The quantitative estimate of drug-likeness (QED) is 0.482. The molecule has 1 unspecified atom stereocenters. The Labute approximate surface area is 121 Å². The molecule has 1 rings (SSSR count). The Hall–Kier alpha value is -0.340. The summed E-state index contributed by atoms with van der Waals surface area (Å²) in [6.07, 6.45) is -11.2. The number of halogens is 9. The summed E-state index contributed by atoms with van der Waals surface area (Å²) >= 11 is 12.2. The van der Waals surface area contributed by atoms with Gasteiger partial charge in [-0.15, -0.1) is 0 Å². The van der Waals surface area contributed by atoms with Crippen molar-refractivity contribution in [1.29, 1.82) is 0 Å². The highest BCUT2D eigenvalue weighted by Gasteiger charge is 2.72. The first-order valence-corrected chi connectivity index (χ1v) is 5.90. The molecule has 0 spiro atoms. The van der Waals surface area contributed by atoms with Crippen LogP contribution in [0.2, 0.25) is 10.0 Å². The van der Waals surface area contributed by atoms with E-state index in [2.05, 4.69) is 4.74 Å². The van der Waals surface area contributed by atoms with E-state index >= 15 is 0 Å². The molecule has 0 aromatic heterocycles. The van der Waals surface area contributed by atoms with E-state index in [4.69, 9.17) is 23.2 Å². The normalized spacial score (nSPS) is 16.1. The number of hydrogen-bond donors (Lipinski definition) is 0. The summed E-state index contributed by atoms with van der Waals surface area (Å²) in [6, 6.07) is 3.33. The van der Waals surface area contributed by atoms with Gasteiger partial charge >= 0.3 is 16.9 Å². The molecule has 10 heteroatoms. The number of ether oxygens (including phenoxy) is 1. The van der Waals surface area contributed by atoms with Gasteiger partial charge in [-0.2, -0.15) is 22.0 Å². The number of benzene rings is 1. The molecule has 1 aromatic carbocycles. The second-order valence-corrected chi connectivity index (χ2v) is 5.15. The maximum absolute atomic E-state index is 13.3. The molecule has 0 bridgehead atoms. The first-order valence-electron chi connectivity index (χ1n) is 4.35. The average molecular weight is 392 g/mol. The van der Waals surface area contributed by atoms with Crippen LogP contribution in [0.3, 0.4) is 0 Å². The maximum Gasteiger partial charge on any atom is 0.453 e. The lowest BCUT2D eigenvalue weighted by Crippen LogP contribution is -2.53. The molecule has 0 aliphatic heterocycles. The summed E-state index contributed by atoms with van der Waals surface area (Å²) < 4.78 is 74.9. The SMILES string of the molecule is FC(F)(F)C(F)(Br)C(F)(F)Oc1c(Cl)cccc1Cl. The van der Waals surface area contributed by atoms with Crippen LogP contribution in [0.4, 0.5) is 26.3 Å². The fraction of sp³-hybridized carbons (Fsp3) is 0.333. The molecule has 108 valence electrons. The Morgan fingerprint density at radius 2 is 1.37 bits per heavy atom. The Kier molecular flexibility index (Phi) is 4.59. The second-order valence-electron chi connectivity index (χ2n) is 3.24. The number of rotatable bonds is 3. The molecule has 1 aromatic rings. The van der Waals surface area contributed by atoms with Crippen molar-refractivity contribution >= 4 is 39.1 Å². The van der Waals surface area contributed by atoms with Gasteiger partial charge in [-0.3, -0.25) is 0 Å². The van der Waals surface area contributed by atoms with Gasteiger partial charge in [-0.1, -0.05) is 29.3 Å². The summed E-state index contributed by atoms with van der Waals surface area (Å²) in [5.41, 5.74) is 0. The molecule has 0 heterocycles. The van der Waals surface area contributed by atoms with Gasteiger partial charge in [0, 0.05) is 0 Å². The molecule has 0 fully saturated rings. The van der Waals surface area contributed by atoms with Crippen LogP contribution in [-0.2, 0) is 0 Å². The lowest BCUT2D eigenvalue weighted by atomic mass is 10.3. The third-order valence-corrected chi connectivity index (χ3v) is 3.38. The van der Waals surface area contributed by atoms with Crippen molar-refractivity contribution in [2.24, 2.45) is 0 Å². The highest BCUT2D eigenvalue weighted by Crippen LogP contribution is 2.51. The zero-order valence-corrected chi connectivity index (χ0v) is 11.6. The predicted octanol–water partition coefficient (Wildman–Crippen LogP) is 5.59. The van der Waals surface area contributed by atoms with E-state index in [0.29, 0.717) is 0 Å². The molecule has 0 aliphatic carbocycles. The van der Waals surface area contributed by atoms with Crippen molar-refractivity contribution in [2.75, 3.05) is 0 Å². The summed E-state index contributed by atoms with van der Waals surface area (Å²) in [7, 11) is 0. The van der Waals surface area contributed by atoms with Crippen molar-refractivity contribution in [1.82, 2.24) is 0 Å². The first kappa shape index (κ1) is 16.7. The minimum absolute atomic E-state index is 0.488. The summed E-state index contributed by atoms with van der Waals surface area (Å²) in [5.74, 6) is -0.957. The highest BCUT2D eigenvalue weighted by atomic mass is 79.9. The minimum atomic E-state index is -5.91. The van der Waals surface area contributed by atoms with Crippen LogP contribution in [-0.4, -0.2) is 16.9 Å². The topological polar surface area (TPSA) is 9.23 Å². The van der Waals surface area contributed by atoms with Crippen LogP contribution in [0, 0.1) is 0 Å². The monoisotopic (exact) mass is 390 g/mol. The molecule has 1 nitrogen and oxygen atoms in total. The largest absolute Gasteiger partial charge is 0.453 e. The van der Waals surface area contributed by atoms with E-state index in [9.17, 15) is 26.3 Å². The summed E-state index contributed by atoms with van der Waals surface area (Å²) in [6.45, 7) is 0. The first-order chi connectivity index (χ1) is 8.40. The van der Waals surface area contributed by atoms with E-state index in [-0.39, 0.29) is 0 Å². The van der Waals surface area contributed by atoms with Crippen LogP contribution < -0.4 is 4.74 Å². The molecule has 0 radical (unpaired) electrons. The van der Waals surface area contributed by atoms with Crippen LogP contribution in [0.1, 0.15) is 0 Å². The van der Waals surface area contributed by atoms with Crippen molar-refractivity contribution in [3.8, 4) is 5.75 Å². The molecule has 0 amide bonds. The smallest absolute Gasteiger partial charge is 0.426 e. The van der Waals surface area contributed by atoms with Gasteiger partial charge in [0.05, 0.1) is 10.0 Å². The molecular formula is C9H3BrCl2F6O. The average Bonchev–Trinajstić information content (AvgIpc) is 2.22. The number of hydrogen-bond acceptors (Lipinski definition) is 1. The Bertz CT molecular complexity index is 456. The Morgan fingerprint density at radius 1 is 0.947 bits per heavy atom.